The average molecular weight is 337 g/mol. The predicted molar refractivity (Wildman–Crippen MR) is 113 cm³/mol. The second kappa shape index (κ2) is 12.8. The maximum atomic E-state index is 2.41. The van der Waals surface area contributed by atoms with Crippen LogP contribution in [-0.2, 0) is 6.42 Å². The first-order valence-electron chi connectivity index (χ1n) is 10.5. The number of rotatable bonds is 13. The molecule has 0 unspecified atom stereocenters. The minimum atomic E-state index is 1.22. The van der Waals surface area contributed by atoms with Crippen LogP contribution in [0.4, 0.5) is 0 Å². The van der Waals surface area contributed by atoms with Gasteiger partial charge in [-0.3, -0.25) is 0 Å². The van der Waals surface area contributed by atoms with E-state index in [4.69, 9.17) is 0 Å². The number of fused-ring (bicyclic) bond motifs is 1. The lowest BCUT2D eigenvalue weighted by Gasteiger charge is -2.04. The summed E-state index contributed by atoms with van der Waals surface area (Å²) in [6.07, 6.45) is 20.9. The van der Waals surface area contributed by atoms with Crippen molar-refractivity contribution in [3.05, 3.63) is 60.2 Å². The quantitative estimate of drug-likeness (QED) is 0.255. The molecule has 0 heteroatoms. The summed E-state index contributed by atoms with van der Waals surface area (Å²) in [7, 11) is 0. The van der Waals surface area contributed by atoms with E-state index in [0.717, 1.165) is 0 Å². The number of hydrogen-bond acceptors (Lipinski definition) is 0. The summed E-state index contributed by atoms with van der Waals surface area (Å²) in [6, 6.07) is 15.6. The molecule has 0 saturated heterocycles. The highest BCUT2D eigenvalue weighted by molar-refractivity contribution is 5.82. The second-order valence-corrected chi connectivity index (χ2v) is 7.31. The Labute approximate surface area is 155 Å². The Bertz CT molecular complexity index is 608. The highest BCUT2D eigenvalue weighted by Gasteiger charge is 1.97. The Morgan fingerprint density at radius 2 is 1.28 bits per heavy atom. The fourth-order valence-corrected chi connectivity index (χ4v) is 3.44. The number of aryl methyl sites for hydroxylation is 1. The molecule has 0 heterocycles. The monoisotopic (exact) mass is 336 g/mol. The first-order chi connectivity index (χ1) is 12.4. The minimum absolute atomic E-state index is 1.22. The van der Waals surface area contributed by atoms with E-state index in [-0.39, 0.29) is 0 Å². The first-order valence-corrected chi connectivity index (χ1v) is 10.5. The molecule has 2 aromatic rings. The summed E-state index contributed by atoms with van der Waals surface area (Å²) in [4.78, 5) is 0. The summed E-state index contributed by atoms with van der Waals surface area (Å²) in [5.74, 6) is 0. The van der Waals surface area contributed by atoms with Gasteiger partial charge in [0.25, 0.3) is 0 Å². The summed E-state index contributed by atoms with van der Waals surface area (Å²) in [5, 5.41) is 2.73. The van der Waals surface area contributed by atoms with Crippen molar-refractivity contribution in [1.29, 1.82) is 0 Å². The van der Waals surface area contributed by atoms with Gasteiger partial charge in [-0.1, -0.05) is 100 Å². The third-order valence-electron chi connectivity index (χ3n) is 5.04. The van der Waals surface area contributed by atoms with Crippen molar-refractivity contribution in [3.63, 3.8) is 0 Å². The van der Waals surface area contributed by atoms with E-state index in [2.05, 4.69) is 61.5 Å². The van der Waals surface area contributed by atoms with Gasteiger partial charge >= 0.3 is 0 Å². The van der Waals surface area contributed by atoms with Crippen LogP contribution in [0.15, 0.2) is 54.6 Å². The summed E-state index contributed by atoms with van der Waals surface area (Å²) in [6.45, 7) is 2.28. The van der Waals surface area contributed by atoms with Crippen molar-refractivity contribution in [3.8, 4) is 0 Å². The maximum Gasteiger partial charge on any atom is -0.0181 e. The van der Waals surface area contributed by atoms with Gasteiger partial charge in [-0.2, -0.15) is 0 Å². The van der Waals surface area contributed by atoms with Crippen LogP contribution in [0.3, 0.4) is 0 Å². The highest BCUT2D eigenvalue weighted by Crippen LogP contribution is 2.17. The lowest BCUT2D eigenvalue weighted by Crippen LogP contribution is -1.86. The van der Waals surface area contributed by atoms with Crippen molar-refractivity contribution in [2.24, 2.45) is 0 Å². The topological polar surface area (TPSA) is 0 Å². The van der Waals surface area contributed by atoms with E-state index >= 15 is 0 Å². The van der Waals surface area contributed by atoms with Crippen LogP contribution in [0.5, 0.6) is 0 Å². The normalized spacial score (nSPS) is 11.6. The zero-order valence-corrected chi connectivity index (χ0v) is 16.2. The molecule has 136 valence electrons. The van der Waals surface area contributed by atoms with E-state index in [1.807, 2.05) is 0 Å². The van der Waals surface area contributed by atoms with Crippen molar-refractivity contribution >= 4 is 10.8 Å². The Balaban J connectivity index is 1.47. The molecule has 0 N–H and O–H groups in total. The van der Waals surface area contributed by atoms with E-state index in [0.29, 0.717) is 0 Å². The van der Waals surface area contributed by atoms with E-state index < -0.39 is 0 Å². The molecule has 0 bridgehead atoms. The third-order valence-corrected chi connectivity index (χ3v) is 5.04. The van der Waals surface area contributed by atoms with E-state index in [1.54, 1.807) is 0 Å². The van der Waals surface area contributed by atoms with Crippen molar-refractivity contribution < 1.29 is 0 Å². The van der Waals surface area contributed by atoms with Gasteiger partial charge in [0.1, 0.15) is 0 Å². The van der Waals surface area contributed by atoms with Gasteiger partial charge in [-0.15, -0.1) is 0 Å². The van der Waals surface area contributed by atoms with E-state index in [9.17, 15) is 0 Å². The molecule has 0 saturated carbocycles. The molecule has 2 aromatic carbocycles. The smallest absolute Gasteiger partial charge is 0.0181 e. The van der Waals surface area contributed by atoms with Crippen LogP contribution < -0.4 is 0 Å². The van der Waals surface area contributed by atoms with Crippen LogP contribution in [0, 0.1) is 0 Å². The number of hydrogen-bond donors (Lipinski definition) is 0. The number of unbranched alkanes of at least 4 members (excludes halogenated alkanes) is 9. The maximum absolute atomic E-state index is 2.41. The molecule has 0 aliphatic heterocycles. The van der Waals surface area contributed by atoms with Gasteiger partial charge in [0.15, 0.2) is 0 Å². The van der Waals surface area contributed by atoms with Crippen LogP contribution in [0.25, 0.3) is 10.8 Å². The van der Waals surface area contributed by atoms with Gasteiger partial charge in [0.05, 0.1) is 0 Å². The Hall–Kier alpha value is -1.56. The van der Waals surface area contributed by atoms with Crippen molar-refractivity contribution in [1.82, 2.24) is 0 Å². The van der Waals surface area contributed by atoms with Crippen molar-refractivity contribution in [2.45, 2.75) is 84.0 Å². The molecule has 25 heavy (non-hydrogen) atoms. The summed E-state index contributed by atoms with van der Waals surface area (Å²) < 4.78 is 0. The SMILES string of the molecule is CCCCCCC/C=C/CCCCCCc1ccc2ccccc2c1. The Morgan fingerprint density at radius 1 is 0.640 bits per heavy atom. The van der Waals surface area contributed by atoms with Gasteiger partial charge < -0.3 is 0 Å². The molecule has 0 nitrogen and oxygen atoms in total. The van der Waals surface area contributed by atoms with Crippen LogP contribution in [-0.4, -0.2) is 0 Å². The number of benzene rings is 2. The molecule has 0 aliphatic rings. The number of allylic oxidation sites excluding steroid dienone is 2. The van der Waals surface area contributed by atoms with Gasteiger partial charge in [-0.05, 0) is 54.9 Å². The molecule has 0 amide bonds. The zero-order chi connectivity index (χ0) is 17.6. The molecule has 0 aromatic heterocycles. The standard InChI is InChI=1S/C25H36/c1-2-3-4-5-6-7-8-9-10-11-12-13-14-17-23-20-21-24-18-15-16-19-25(24)22-23/h8-9,15-16,18-22H,2-7,10-14,17H2,1H3/b9-8+. The predicted octanol–water partition coefficient (Wildman–Crippen LogP) is 8.25. The molecular weight excluding hydrogens is 300 g/mol. The largest absolute Gasteiger partial charge is 0.0885 e. The lowest BCUT2D eigenvalue weighted by atomic mass is 10.0. The molecule has 0 atom stereocenters. The summed E-state index contributed by atoms with van der Waals surface area (Å²) in [5.41, 5.74) is 1.49. The second-order valence-electron chi connectivity index (χ2n) is 7.31. The van der Waals surface area contributed by atoms with Crippen LogP contribution >= 0.6 is 0 Å². The molecule has 0 spiro atoms. The van der Waals surface area contributed by atoms with Crippen LogP contribution in [0.1, 0.15) is 83.1 Å². The summed E-state index contributed by atoms with van der Waals surface area (Å²) >= 11 is 0. The van der Waals surface area contributed by atoms with Gasteiger partial charge in [-0.25, -0.2) is 0 Å². The molecule has 2 rings (SSSR count). The highest BCUT2D eigenvalue weighted by atomic mass is 14.0. The van der Waals surface area contributed by atoms with E-state index in [1.165, 1.54) is 93.4 Å². The molecule has 0 aliphatic carbocycles. The fourth-order valence-electron chi connectivity index (χ4n) is 3.44. The zero-order valence-electron chi connectivity index (χ0n) is 16.2. The van der Waals surface area contributed by atoms with Gasteiger partial charge in [0.2, 0.25) is 0 Å². The molecule has 0 fully saturated rings. The Kier molecular flexibility index (Phi) is 10.1. The molecular formula is C25H36. The lowest BCUT2D eigenvalue weighted by molar-refractivity contribution is 0.634. The van der Waals surface area contributed by atoms with Crippen LogP contribution in [0.2, 0.25) is 0 Å². The average Bonchev–Trinajstić information content (AvgIpc) is 2.65. The fraction of sp³-hybridized carbons (Fsp3) is 0.520. The van der Waals surface area contributed by atoms with Gasteiger partial charge in [0, 0.05) is 0 Å². The third kappa shape index (κ3) is 8.38. The Morgan fingerprint density at radius 3 is 2.00 bits per heavy atom. The van der Waals surface area contributed by atoms with Crippen molar-refractivity contribution in [2.75, 3.05) is 0 Å². The molecule has 0 radical (unpaired) electrons. The minimum Gasteiger partial charge on any atom is -0.0885 e. The first kappa shape index (κ1) is 19.8.